The summed E-state index contributed by atoms with van der Waals surface area (Å²) in [6.45, 7) is 5.77. The van der Waals surface area contributed by atoms with Crippen LogP contribution in [0.25, 0.3) is 0 Å². The van der Waals surface area contributed by atoms with Gasteiger partial charge in [0.1, 0.15) is 0 Å². The molecule has 21 heavy (non-hydrogen) atoms. The first-order chi connectivity index (χ1) is 10.2. The number of methoxy groups -OCH3 is 1. The number of nitrogens with zero attached hydrogens (tertiary/aromatic N) is 1. The van der Waals surface area contributed by atoms with E-state index < -0.39 is 0 Å². The third-order valence-electron chi connectivity index (χ3n) is 4.13. The van der Waals surface area contributed by atoms with Gasteiger partial charge in [-0.1, -0.05) is 36.9 Å². The second-order valence-electron chi connectivity index (χ2n) is 5.40. The van der Waals surface area contributed by atoms with Crippen molar-refractivity contribution < 1.29 is 9.53 Å². The molecule has 1 aromatic rings. The van der Waals surface area contributed by atoms with Gasteiger partial charge in [0.25, 0.3) is 0 Å². The largest absolute Gasteiger partial charge is 0.466 e. The fraction of sp³-hybridized carbons (Fsp3) is 0.471. The Morgan fingerprint density at radius 1 is 1.48 bits per heavy atom. The van der Waals surface area contributed by atoms with Crippen molar-refractivity contribution in [2.24, 2.45) is 0 Å². The van der Waals surface area contributed by atoms with Gasteiger partial charge in [-0.15, -0.1) is 0 Å². The van der Waals surface area contributed by atoms with Gasteiger partial charge in [0.05, 0.1) is 7.11 Å². The molecule has 1 N–H and O–H groups in total. The molecule has 0 aromatic heterocycles. The highest BCUT2D eigenvalue weighted by Gasteiger charge is 2.35. The van der Waals surface area contributed by atoms with Crippen LogP contribution in [0.5, 0.6) is 0 Å². The Hall–Kier alpha value is -1.65. The van der Waals surface area contributed by atoms with E-state index in [0.29, 0.717) is 5.57 Å². The summed E-state index contributed by atoms with van der Waals surface area (Å²) in [5, 5.41) is 3.26. The molecule has 2 rings (SSSR count). The van der Waals surface area contributed by atoms with Crippen LogP contribution in [0.4, 0.5) is 0 Å². The van der Waals surface area contributed by atoms with E-state index in [9.17, 15) is 4.79 Å². The summed E-state index contributed by atoms with van der Waals surface area (Å²) >= 11 is 0. The topological polar surface area (TPSA) is 41.6 Å². The minimum Gasteiger partial charge on any atom is -0.466 e. The van der Waals surface area contributed by atoms with Crippen molar-refractivity contribution in [3.05, 3.63) is 48.0 Å². The maximum absolute atomic E-state index is 11.8. The summed E-state index contributed by atoms with van der Waals surface area (Å²) in [5.41, 5.74) is 1.82. The molecule has 1 aliphatic heterocycles. The van der Waals surface area contributed by atoms with Crippen LogP contribution in [0, 0.1) is 0 Å². The molecule has 0 aliphatic carbocycles. The summed E-state index contributed by atoms with van der Waals surface area (Å²) < 4.78 is 4.84. The molecule has 1 aliphatic rings. The number of hydrogen-bond acceptors (Lipinski definition) is 4. The summed E-state index contributed by atoms with van der Waals surface area (Å²) in [4.78, 5) is 14.2. The lowest BCUT2D eigenvalue weighted by Gasteiger charge is -2.33. The number of esters is 1. The first kappa shape index (κ1) is 15.7. The lowest BCUT2D eigenvalue weighted by Crippen LogP contribution is -2.40. The second-order valence-corrected chi connectivity index (χ2v) is 5.40. The Labute approximate surface area is 126 Å². The molecule has 0 amide bonds. The quantitative estimate of drug-likeness (QED) is 0.643. The highest BCUT2D eigenvalue weighted by Crippen LogP contribution is 2.32. The zero-order valence-electron chi connectivity index (χ0n) is 12.8. The van der Waals surface area contributed by atoms with Gasteiger partial charge in [0.2, 0.25) is 0 Å². The highest BCUT2D eigenvalue weighted by molar-refractivity contribution is 5.89. The van der Waals surface area contributed by atoms with Gasteiger partial charge in [0.15, 0.2) is 0 Å². The van der Waals surface area contributed by atoms with Crippen molar-refractivity contribution in [2.45, 2.75) is 24.9 Å². The van der Waals surface area contributed by atoms with E-state index in [1.807, 2.05) is 13.1 Å². The Kier molecular flexibility index (Phi) is 5.53. The van der Waals surface area contributed by atoms with Gasteiger partial charge in [-0.05, 0) is 32.0 Å². The van der Waals surface area contributed by atoms with Gasteiger partial charge in [-0.3, -0.25) is 4.90 Å². The number of hydrogen-bond donors (Lipinski definition) is 1. The van der Waals surface area contributed by atoms with Crippen LogP contribution in [0.2, 0.25) is 0 Å². The Morgan fingerprint density at radius 2 is 2.19 bits per heavy atom. The van der Waals surface area contributed by atoms with Gasteiger partial charge < -0.3 is 10.1 Å². The number of likely N-dealkylation sites (tertiary alicyclic amines) is 1. The number of nitrogens with one attached hydrogen (secondary N) is 1. The van der Waals surface area contributed by atoms with Crippen molar-refractivity contribution in [1.29, 1.82) is 0 Å². The summed E-state index contributed by atoms with van der Waals surface area (Å²) in [6.07, 6.45) is 2.04. The van der Waals surface area contributed by atoms with Crippen molar-refractivity contribution >= 4 is 5.97 Å². The third-order valence-corrected chi connectivity index (χ3v) is 4.13. The SMILES string of the molecule is C=C(C(=O)OC)[C@@H]1CCCN1[C@@H](CNC)c1ccccc1. The molecule has 2 atom stereocenters. The van der Waals surface area contributed by atoms with Crippen LogP contribution in [0.1, 0.15) is 24.4 Å². The monoisotopic (exact) mass is 288 g/mol. The number of carbonyl (C=O) groups is 1. The van der Waals surface area contributed by atoms with Gasteiger partial charge in [0, 0.05) is 24.2 Å². The molecular weight excluding hydrogens is 264 g/mol. The number of benzene rings is 1. The Morgan fingerprint density at radius 3 is 2.81 bits per heavy atom. The van der Waals surface area contributed by atoms with Crippen molar-refractivity contribution in [2.75, 3.05) is 27.2 Å². The summed E-state index contributed by atoms with van der Waals surface area (Å²) in [6, 6.07) is 10.7. The second kappa shape index (κ2) is 7.38. The van der Waals surface area contributed by atoms with Crippen molar-refractivity contribution in [3.63, 3.8) is 0 Å². The molecule has 1 fully saturated rings. The highest BCUT2D eigenvalue weighted by atomic mass is 16.5. The molecule has 0 saturated carbocycles. The van der Waals surface area contributed by atoms with Crippen molar-refractivity contribution in [3.8, 4) is 0 Å². The predicted octanol–water partition coefficient (Wildman–Crippen LogP) is 2.14. The molecule has 114 valence electrons. The van der Waals surface area contributed by atoms with E-state index in [1.165, 1.54) is 12.7 Å². The van der Waals surface area contributed by atoms with Crippen molar-refractivity contribution in [1.82, 2.24) is 10.2 Å². The third kappa shape index (κ3) is 3.52. The molecule has 0 bridgehead atoms. The van der Waals surface area contributed by atoms with E-state index in [0.717, 1.165) is 25.9 Å². The van der Waals surface area contributed by atoms with Gasteiger partial charge >= 0.3 is 5.97 Å². The fourth-order valence-electron chi connectivity index (χ4n) is 3.10. The first-order valence-corrected chi connectivity index (χ1v) is 7.41. The number of carbonyl (C=O) groups excluding carboxylic acids is 1. The van der Waals surface area contributed by atoms with Crippen LogP contribution in [-0.4, -0.2) is 44.2 Å². The van der Waals surface area contributed by atoms with E-state index >= 15 is 0 Å². The molecule has 1 aromatic carbocycles. The van der Waals surface area contributed by atoms with Gasteiger partial charge in [-0.2, -0.15) is 0 Å². The lowest BCUT2D eigenvalue weighted by atomic mass is 10.0. The van der Waals surface area contributed by atoms with Crippen LogP contribution in [0.15, 0.2) is 42.5 Å². The van der Waals surface area contributed by atoms with E-state index in [-0.39, 0.29) is 18.1 Å². The van der Waals surface area contributed by atoms with Crippen LogP contribution >= 0.6 is 0 Å². The Bertz CT molecular complexity index is 487. The molecule has 0 unspecified atom stereocenters. The molecule has 4 nitrogen and oxygen atoms in total. The predicted molar refractivity (Wildman–Crippen MR) is 84.0 cm³/mol. The van der Waals surface area contributed by atoms with E-state index in [4.69, 9.17) is 4.74 Å². The summed E-state index contributed by atoms with van der Waals surface area (Å²) in [5.74, 6) is -0.303. The summed E-state index contributed by atoms with van der Waals surface area (Å²) in [7, 11) is 3.37. The zero-order chi connectivity index (χ0) is 15.2. The molecule has 0 radical (unpaired) electrons. The van der Waals surface area contributed by atoms with Crippen LogP contribution in [0.3, 0.4) is 0 Å². The van der Waals surface area contributed by atoms with E-state index in [1.54, 1.807) is 0 Å². The van der Waals surface area contributed by atoms with E-state index in [2.05, 4.69) is 41.1 Å². The van der Waals surface area contributed by atoms with Crippen LogP contribution in [-0.2, 0) is 9.53 Å². The van der Waals surface area contributed by atoms with Gasteiger partial charge in [-0.25, -0.2) is 4.79 Å². The fourth-order valence-corrected chi connectivity index (χ4v) is 3.10. The minimum atomic E-state index is -0.303. The minimum absolute atomic E-state index is 0.0657. The first-order valence-electron chi connectivity index (χ1n) is 7.41. The lowest BCUT2D eigenvalue weighted by molar-refractivity contribution is -0.136. The maximum atomic E-state index is 11.8. The van der Waals surface area contributed by atoms with Crippen LogP contribution < -0.4 is 5.32 Å². The molecular formula is C17H24N2O2. The number of rotatable bonds is 6. The normalized spacial score (nSPS) is 20.2. The Balaban J connectivity index is 2.23. The standard InChI is InChI=1S/C17H24N2O2/c1-13(17(20)21-3)15-10-7-11-19(15)16(12-18-2)14-8-5-4-6-9-14/h4-6,8-9,15-16,18H,1,7,10-12H2,2-3H3/t15-,16-/m0/s1. The molecule has 0 spiro atoms. The molecule has 1 heterocycles. The smallest absolute Gasteiger partial charge is 0.334 e. The average molecular weight is 288 g/mol. The molecule has 4 heteroatoms. The number of likely N-dealkylation sites (N-methyl/N-ethyl adjacent to an activating group) is 1. The number of ether oxygens (including phenoxy) is 1. The molecule has 1 saturated heterocycles. The zero-order valence-corrected chi connectivity index (χ0v) is 12.8. The maximum Gasteiger partial charge on any atom is 0.334 e. The average Bonchev–Trinajstić information content (AvgIpc) is 3.01.